The fourth-order valence-electron chi connectivity index (χ4n) is 7.16. The molecule has 0 amide bonds. The van der Waals surface area contributed by atoms with Crippen LogP contribution in [0.15, 0.2) is 72.9 Å². The largest absolute Gasteiger partial charge is 0.462 e. The lowest BCUT2D eigenvalue weighted by Crippen LogP contribution is -2.30. The molecule has 6 heteroatoms. The Balaban J connectivity index is 4.46. The number of allylic oxidation sites excluding steroid dienone is 12. The summed E-state index contributed by atoms with van der Waals surface area (Å²) < 4.78 is 16.7. The summed E-state index contributed by atoms with van der Waals surface area (Å²) in [6, 6.07) is 0. The lowest BCUT2D eigenvalue weighted by molar-refractivity contribution is -0.166. The normalized spacial score (nSPS) is 12.6. The Morgan fingerprint density at radius 2 is 0.651 bits per heavy atom. The van der Waals surface area contributed by atoms with E-state index in [0.29, 0.717) is 19.3 Å². The van der Waals surface area contributed by atoms with E-state index in [1.54, 1.807) is 0 Å². The minimum absolute atomic E-state index is 0.102. The highest BCUT2D eigenvalue weighted by Gasteiger charge is 2.19. The minimum atomic E-state index is -0.807. The van der Waals surface area contributed by atoms with E-state index < -0.39 is 6.10 Å². The highest BCUT2D eigenvalue weighted by molar-refractivity contribution is 5.71. The van der Waals surface area contributed by atoms with Crippen LogP contribution in [0.25, 0.3) is 0 Å². The molecular formula is C57H98O6. The quantitative estimate of drug-likeness (QED) is 0.0199. The van der Waals surface area contributed by atoms with Gasteiger partial charge >= 0.3 is 17.9 Å². The molecule has 63 heavy (non-hydrogen) atoms. The van der Waals surface area contributed by atoms with Crippen molar-refractivity contribution in [3.8, 4) is 0 Å². The summed E-state index contributed by atoms with van der Waals surface area (Å²) in [6.45, 7) is 6.51. The Morgan fingerprint density at radius 3 is 1.10 bits per heavy atom. The zero-order valence-electron chi connectivity index (χ0n) is 41.3. The number of carbonyl (C=O) groups is 3. The Bertz CT molecular complexity index is 1190. The van der Waals surface area contributed by atoms with E-state index in [9.17, 15) is 14.4 Å². The molecule has 6 nitrogen and oxygen atoms in total. The Labute approximate surface area is 389 Å². The van der Waals surface area contributed by atoms with Crippen LogP contribution in [0.2, 0.25) is 0 Å². The number of hydrogen-bond donors (Lipinski definition) is 0. The highest BCUT2D eigenvalue weighted by atomic mass is 16.6. The zero-order chi connectivity index (χ0) is 45.8. The van der Waals surface area contributed by atoms with Crippen molar-refractivity contribution in [3.63, 3.8) is 0 Å². The molecule has 0 fully saturated rings. The second-order valence-electron chi connectivity index (χ2n) is 17.5. The molecule has 0 saturated carbocycles. The molecule has 0 aromatic heterocycles. The van der Waals surface area contributed by atoms with Gasteiger partial charge in [0.05, 0.1) is 0 Å². The molecule has 0 aromatic rings. The van der Waals surface area contributed by atoms with E-state index in [1.807, 2.05) is 6.08 Å². The predicted molar refractivity (Wildman–Crippen MR) is 270 cm³/mol. The molecule has 0 spiro atoms. The Kier molecular flexibility index (Phi) is 48.9. The van der Waals surface area contributed by atoms with Gasteiger partial charge in [0, 0.05) is 19.3 Å². The van der Waals surface area contributed by atoms with Gasteiger partial charge in [-0.15, -0.1) is 0 Å². The molecular weight excluding hydrogens is 781 g/mol. The van der Waals surface area contributed by atoms with Crippen LogP contribution < -0.4 is 0 Å². The summed E-state index contributed by atoms with van der Waals surface area (Å²) in [4.78, 5) is 38.0. The SMILES string of the molecule is CCCCC/C=C/C=C/CCCCCCCCC(=O)OC(COC(=O)CC/C=C/C/C=C/CCCCCCCC)COC(=O)CCCCCCCCC/C=C/C/C=C/CCCCC. The van der Waals surface area contributed by atoms with E-state index in [-0.39, 0.29) is 37.5 Å². The zero-order valence-corrected chi connectivity index (χ0v) is 41.3. The van der Waals surface area contributed by atoms with Gasteiger partial charge in [-0.25, -0.2) is 0 Å². The summed E-state index contributed by atoms with van der Waals surface area (Å²) in [5, 5.41) is 0. The maximum atomic E-state index is 12.8. The van der Waals surface area contributed by atoms with Crippen molar-refractivity contribution in [2.24, 2.45) is 0 Å². The van der Waals surface area contributed by atoms with Crippen LogP contribution in [0.1, 0.15) is 252 Å². The van der Waals surface area contributed by atoms with Gasteiger partial charge in [-0.05, 0) is 96.3 Å². The first kappa shape index (κ1) is 59.9. The van der Waals surface area contributed by atoms with Gasteiger partial charge < -0.3 is 14.2 Å². The maximum absolute atomic E-state index is 12.8. The Hall–Kier alpha value is -3.15. The summed E-state index contributed by atoms with van der Waals surface area (Å²) in [7, 11) is 0. The molecule has 0 aliphatic heterocycles. The van der Waals surface area contributed by atoms with Crippen LogP contribution in [0.3, 0.4) is 0 Å². The van der Waals surface area contributed by atoms with Crippen molar-refractivity contribution in [2.45, 2.75) is 258 Å². The van der Waals surface area contributed by atoms with Gasteiger partial charge in [0.1, 0.15) is 13.2 Å². The molecule has 0 rings (SSSR count). The number of rotatable bonds is 47. The molecule has 1 unspecified atom stereocenters. The average Bonchev–Trinajstić information content (AvgIpc) is 3.28. The molecule has 0 aromatic carbocycles. The first-order valence-electron chi connectivity index (χ1n) is 26.5. The summed E-state index contributed by atoms with van der Waals surface area (Å²) in [5.41, 5.74) is 0. The van der Waals surface area contributed by atoms with E-state index in [2.05, 4.69) is 87.6 Å². The molecule has 0 N–H and O–H groups in total. The van der Waals surface area contributed by atoms with Crippen molar-refractivity contribution in [1.29, 1.82) is 0 Å². The molecule has 0 bridgehead atoms. The predicted octanol–water partition coefficient (Wildman–Crippen LogP) is 17.4. The van der Waals surface area contributed by atoms with E-state index in [4.69, 9.17) is 14.2 Å². The lowest BCUT2D eigenvalue weighted by Gasteiger charge is -2.18. The van der Waals surface area contributed by atoms with Gasteiger partial charge in [-0.1, -0.05) is 209 Å². The van der Waals surface area contributed by atoms with Crippen molar-refractivity contribution in [1.82, 2.24) is 0 Å². The molecule has 0 heterocycles. The number of carbonyl (C=O) groups excluding carboxylic acids is 3. The van der Waals surface area contributed by atoms with Gasteiger partial charge in [0.15, 0.2) is 6.10 Å². The van der Waals surface area contributed by atoms with Gasteiger partial charge in [-0.2, -0.15) is 0 Å². The fourth-order valence-corrected chi connectivity index (χ4v) is 7.16. The number of hydrogen-bond acceptors (Lipinski definition) is 6. The van der Waals surface area contributed by atoms with Gasteiger partial charge in [0.2, 0.25) is 0 Å². The van der Waals surface area contributed by atoms with Crippen LogP contribution >= 0.6 is 0 Å². The Morgan fingerprint density at radius 1 is 0.333 bits per heavy atom. The van der Waals surface area contributed by atoms with Crippen LogP contribution in [0.4, 0.5) is 0 Å². The van der Waals surface area contributed by atoms with Crippen molar-refractivity contribution in [2.75, 3.05) is 13.2 Å². The molecule has 0 saturated heterocycles. The molecule has 1 atom stereocenters. The van der Waals surface area contributed by atoms with E-state index in [0.717, 1.165) is 77.0 Å². The molecule has 0 aliphatic rings. The first-order chi connectivity index (χ1) is 31.0. The summed E-state index contributed by atoms with van der Waals surface area (Å²) >= 11 is 0. The third kappa shape index (κ3) is 49.7. The lowest BCUT2D eigenvalue weighted by atomic mass is 10.1. The van der Waals surface area contributed by atoms with Crippen molar-refractivity contribution >= 4 is 17.9 Å². The third-order valence-corrected chi connectivity index (χ3v) is 11.2. The number of ether oxygens (including phenoxy) is 3. The van der Waals surface area contributed by atoms with Crippen LogP contribution in [-0.2, 0) is 28.6 Å². The fraction of sp³-hybridized carbons (Fsp3) is 0.737. The smallest absolute Gasteiger partial charge is 0.306 e. The van der Waals surface area contributed by atoms with E-state index in [1.165, 1.54) is 128 Å². The topological polar surface area (TPSA) is 78.9 Å². The number of esters is 3. The first-order valence-corrected chi connectivity index (χ1v) is 26.5. The molecule has 0 aliphatic carbocycles. The molecule has 362 valence electrons. The second-order valence-corrected chi connectivity index (χ2v) is 17.5. The standard InChI is InChI=1S/C57H98O6/c1-4-7-10-13-16-19-22-25-27-28-30-32-35-38-41-44-47-50-56(59)62-53-54(52-61-55(58)49-46-43-40-37-34-31-24-21-18-15-12-9-6-3)63-57(60)51-48-45-42-39-36-33-29-26-23-20-17-14-11-8-5-2/h16-17,19-20,23,25-27,31,34,40,43,54H,4-15,18,21-22,24,28-30,32-33,35-39,41-42,44-53H2,1-3H3/b19-16+,20-17+,26-23+,27-25+,34-31+,43-40+. The average molecular weight is 879 g/mol. The second kappa shape index (κ2) is 51.5. The molecule has 0 radical (unpaired) electrons. The number of unbranched alkanes of at least 4 members (excludes halogenated alkanes) is 25. The van der Waals surface area contributed by atoms with Crippen molar-refractivity contribution in [3.05, 3.63) is 72.9 Å². The highest BCUT2D eigenvalue weighted by Crippen LogP contribution is 2.14. The van der Waals surface area contributed by atoms with Crippen LogP contribution in [0.5, 0.6) is 0 Å². The van der Waals surface area contributed by atoms with Gasteiger partial charge in [-0.3, -0.25) is 14.4 Å². The van der Waals surface area contributed by atoms with Crippen LogP contribution in [0, 0.1) is 0 Å². The van der Waals surface area contributed by atoms with Crippen LogP contribution in [-0.4, -0.2) is 37.2 Å². The summed E-state index contributed by atoms with van der Waals surface area (Å²) in [5.74, 6) is -0.989. The minimum Gasteiger partial charge on any atom is -0.462 e. The third-order valence-electron chi connectivity index (χ3n) is 11.2. The van der Waals surface area contributed by atoms with Gasteiger partial charge in [0.25, 0.3) is 0 Å². The summed E-state index contributed by atoms with van der Waals surface area (Å²) in [6.07, 6.45) is 64.6. The monoisotopic (exact) mass is 879 g/mol. The van der Waals surface area contributed by atoms with E-state index >= 15 is 0 Å². The van der Waals surface area contributed by atoms with Crippen molar-refractivity contribution < 1.29 is 28.6 Å². The maximum Gasteiger partial charge on any atom is 0.306 e.